The van der Waals surface area contributed by atoms with E-state index in [1.54, 1.807) is 18.3 Å². The van der Waals surface area contributed by atoms with Crippen molar-refractivity contribution in [3.8, 4) is 11.5 Å². The fourth-order valence-corrected chi connectivity index (χ4v) is 2.64. The zero-order chi connectivity index (χ0) is 22.1. The molecule has 0 aliphatic carbocycles. The van der Waals surface area contributed by atoms with Crippen LogP contribution >= 0.6 is 0 Å². The smallest absolute Gasteiger partial charge is 0.414 e. The van der Waals surface area contributed by atoms with E-state index in [9.17, 15) is 8.78 Å². The van der Waals surface area contributed by atoms with Crippen LogP contribution < -0.4 is 9.47 Å². The summed E-state index contributed by atoms with van der Waals surface area (Å²) < 4.78 is 36.5. The molecule has 3 rings (SSSR count). The lowest BCUT2D eigenvalue weighted by Crippen LogP contribution is -2.09. The van der Waals surface area contributed by atoms with Crippen molar-refractivity contribution >= 4 is 22.7 Å². The average Bonchev–Trinajstić information content (AvgIpc) is 2.72. The topological polar surface area (TPSA) is 106 Å². The maximum absolute atomic E-state index is 13.4. The molecular formula is C21H19F2NO6. The molecule has 9 heteroatoms. The van der Waals surface area contributed by atoms with Gasteiger partial charge in [-0.15, -0.1) is 0 Å². The molecule has 0 saturated heterocycles. The molecule has 0 saturated carbocycles. The van der Waals surface area contributed by atoms with E-state index in [2.05, 4.69) is 4.98 Å². The summed E-state index contributed by atoms with van der Waals surface area (Å²) in [4.78, 5) is 22.6. The zero-order valence-corrected chi connectivity index (χ0v) is 16.0. The third-order valence-corrected chi connectivity index (χ3v) is 3.91. The Hall–Kier alpha value is -3.75. The number of pyridine rings is 1. The molecule has 7 nitrogen and oxygen atoms in total. The van der Waals surface area contributed by atoms with Crippen LogP contribution in [-0.4, -0.2) is 47.5 Å². The minimum atomic E-state index is -1.82. The molecule has 1 heterocycles. The molecule has 0 radical (unpaired) electrons. The number of methoxy groups -OCH3 is 1. The van der Waals surface area contributed by atoms with Crippen molar-refractivity contribution in [2.24, 2.45) is 0 Å². The van der Waals surface area contributed by atoms with Crippen LogP contribution in [0.25, 0.3) is 10.8 Å². The standard InChI is InChI=1S/C19H17F2NO2.C2H2O4/c1-23-18-11-14-5-7-22-17(10-13-3-2-4-15(21)9-13)16(14)12-19(18)24-8-6-20;3-1(4)2(5)6/h2-5,7,9,11-12H,6,8,10H2,1H3;(H,3,4)(H,5,6). The van der Waals surface area contributed by atoms with Gasteiger partial charge in [0.15, 0.2) is 11.5 Å². The Morgan fingerprint density at radius 1 is 1.07 bits per heavy atom. The number of aliphatic carboxylic acids is 2. The van der Waals surface area contributed by atoms with Gasteiger partial charge in [-0.2, -0.15) is 0 Å². The second-order valence-electron chi connectivity index (χ2n) is 5.94. The SMILES string of the molecule is COc1cc2ccnc(Cc3cccc(F)c3)c2cc1OCCF.O=C(O)C(=O)O. The fraction of sp³-hybridized carbons (Fsp3) is 0.190. The number of hydrogen-bond acceptors (Lipinski definition) is 5. The highest BCUT2D eigenvalue weighted by molar-refractivity contribution is 6.27. The van der Waals surface area contributed by atoms with E-state index in [1.165, 1.54) is 19.2 Å². The second-order valence-corrected chi connectivity index (χ2v) is 5.94. The van der Waals surface area contributed by atoms with E-state index < -0.39 is 18.6 Å². The Morgan fingerprint density at radius 2 is 1.80 bits per heavy atom. The quantitative estimate of drug-likeness (QED) is 0.589. The van der Waals surface area contributed by atoms with Gasteiger partial charge in [-0.25, -0.2) is 18.4 Å². The van der Waals surface area contributed by atoms with Crippen LogP contribution in [0.2, 0.25) is 0 Å². The summed E-state index contributed by atoms with van der Waals surface area (Å²) in [7, 11) is 1.54. The molecule has 0 bridgehead atoms. The number of aromatic nitrogens is 1. The first kappa shape index (κ1) is 22.5. The van der Waals surface area contributed by atoms with Gasteiger partial charge in [-0.05, 0) is 41.3 Å². The van der Waals surface area contributed by atoms with Gasteiger partial charge in [-0.3, -0.25) is 4.98 Å². The van der Waals surface area contributed by atoms with E-state index >= 15 is 0 Å². The van der Waals surface area contributed by atoms with Crippen molar-refractivity contribution in [2.45, 2.75) is 6.42 Å². The molecular weight excluding hydrogens is 400 g/mol. The lowest BCUT2D eigenvalue weighted by atomic mass is 10.0. The number of alkyl halides is 1. The molecule has 0 aliphatic heterocycles. The molecule has 0 amide bonds. The summed E-state index contributed by atoms with van der Waals surface area (Å²) >= 11 is 0. The van der Waals surface area contributed by atoms with Gasteiger partial charge in [0.2, 0.25) is 0 Å². The molecule has 0 spiro atoms. The highest BCUT2D eigenvalue weighted by atomic mass is 19.1. The third-order valence-electron chi connectivity index (χ3n) is 3.91. The predicted octanol–water partition coefficient (Wildman–Crippen LogP) is 3.48. The van der Waals surface area contributed by atoms with Gasteiger partial charge < -0.3 is 19.7 Å². The highest BCUT2D eigenvalue weighted by Crippen LogP contribution is 2.34. The second kappa shape index (κ2) is 10.7. The Kier molecular flexibility index (Phi) is 8.04. The first-order chi connectivity index (χ1) is 14.3. The summed E-state index contributed by atoms with van der Waals surface area (Å²) in [6, 6.07) is 11.9. The summed E-state index contributed by atoms with van der Waals surface area (Å²) in [5.74, 6) is -2.92. The molecule has 1 aromatic heterocycles. The number of carbonyl (C=O) groups is 2. The summed E-state index contributed by atoms with van der Waals surface area (Å²) in [5, 5.41) is 16.6. The zero-order valence-electron chi connectivity index (χ0n) is 16.0. The van der Waals surface area contributed by atoms with Gasteiger partial charge in [-0.1, -0.05) is 12.1 Å². The first-order valence-corrected chi connectivity index (χ1v) is 8.70. The Morgan fingerprint density at radius 3 is 2.40 bits per heavy atom. The van der Waals surface area contributed by atoms with E-state index in [0.29, 0.717) is 17.9 Å². The van der Waals surface area contributed by atoms with Crippen LogP contribution in [0.15, 0.2) is 48.7 Å². The Bertz CT molecular complexity index is 1030. The highest BCUT2D eigenvalue weighted by Gasteiger charge is 2.11. The summed E-state index contributed by atoms with van der Waals surface area (Å²) in [5.41, 5.74) is 1.63. The van der Waals surface area contributed by atoms with Crippen LogP contribution in [-0.2, 0) is 16.0 Å². The normalized spacial score (nSPS) is 10.1. The van der Waals surface area contributed by atoms with Crippen molar-refractivity contribution in [1.29, 1.82) is 0 Å². The fourth-order valence-electron chi connectivity index (χ4n) is 2.64. The number of fused-ring (bicyclic) bond motifs is 1. The molecule has 0 atom stereocenters. The summed E-state index contributed by atoms with van der Waals surface area (Å²) in [6.07, 6.45) is 2.20. The largest absolute Gasteiger partial charge is 0.493 e. The van der Waals surface area contributed by atoms with Crippen LogP contribution in [0.1, 0.15) is 11.3 Å². The minimum absolute atomic E-state index is 0.0403. The maximum Gasteiger partial charge on any atom is 0.414 e. The molecule has 30 heavy (non-hydrogen) atoms. The predicted molar refractivity (Wildman–Crippen MR) is 104 cm³/mol. The number of benzene rings is 2. The lowest BCUT2D eigenvalue weighted by Gasteiger charge is -2.13. The Balaban J connectivity index is 0.000000469. The molecule has 158 valence electrons. The molecule has 2 aromatic carbocycles. The van der Waals surface area contributed by atoms with Crippen molar-refractivity contribution < 1.29 is 38.1 Å². The molecule has 3 aromatic rings. The maximum atomic E-state index is 13.4. The van der Waals surface area contributed by atoms with Crippen LogP contribution in [0.5, 0.6) is 11.5 Å². The molecule has 0 aliphatic rings. The van der Waals surface area contributed by atoms with Gasteiger partial charge >= 0.3 is 11.9 Å². The van der Waals surface area contributed by atoms with Crippen LogP contribution in [0, 0.1) is 5.82 Å². The minimum Gasteiger partial charge on any atom is -0.493 e. The van der Waals surface area contributed by atoms with Gasteiger partial charge in [0.05, 0.1) is 12.8 Å². The van der Waals surface area contributed by atoms with Crippen LogP contribution in [0.4, 0.5) is 8.78 Å². The number of hydrogen-bond donors (Lipinski definition) is 2. The number of nitrogens with zero attached hydrogens (tertiary/aromatic N) is 1. The van der Waals surface area contributed by atoms with E-state index in [0.717, 1.165) is 22.0 Å². The third kappa shape index (κ3) is 6.13. The van der Waals surface area contributed by atoms with Gasteiger partial charge in [0.1, 0.15) is 19.1 Å². The number of halogens is 2. The van der Waals surface area contributed by atoms with Crippen LogP contribution in [0.3, 0.4) is 0 Å². The van der Waals surface area contributed by atoms with Gasteiger partial charge in [0, 0.05) is 18.0 Å². The first-order valence-electron chi connectivity index (χ1n) is 8.70. The number of ether oxygens (including phenoxy) is 2. The van der Waals surface area contributed by atoms with E-state index in [-0.39, 0.29) is 12.4 Å². The van der Waals surface area contributed by atoms with Crippen molar-refractivity contribution in [1.82, 2.24) is 4.98 Å². The average molecular weight is 419 g/mol. The Labute approximate surface area is 170 Å². The van der Waals surface area contributed by atoms with E-state index in [1.807, 2.05) is 18.2 Å². The van der Waals surface area contributed by atoms with Crippen molar-refractivity contribution in [3.05, 3.63) is 65.7 Å². The lowest BCUT2D eigenvalue weighted by molar-refractivity contribution is -0.159. The molecule has 0 fully saturated rings. The van der Waals surface area contributed by atoms with Crippen molar-refractivity contribution in [2.75, 3.05) is 20.4 Å². The molecule has 2 N–H and O–H groups in total. The molecule has 0 unspecified atom stereocenters. The number of carboxylic acid groups (broad SMARTS) is 2. The van der Waals surface area contributed by atoms with Crippen molar-refractivity contribution in [3.63, 3.8) is 0 Å². The van der Waals surface area contributed by atoms with E-state index in [4.69, 9.17) is 29.3 Å². The monoisotopic (exact) mass is 419 g/mol. The number of rotatable bonds is 6. The summed E-state index contributed by atoms with van der Waals surface area (Å²) in [6.45, 7) is -0.619. The van der Waals surface area contributed by atoms with Gasteiger partial charge in [0.25, 0.3) is 0 Å². The number of carboxylic acids is 2.